The van der Waals surface area contributed by atoms with E-state index < -0.39 is 0 Å². The van der Waals surface area contributed by atoms with Crippen LogP contribution in [0.15, 0.2) is 36.1 Å². The fraction of sp³-hybridized carbons (Fsp3) is 0.250. The van der Waals surface area contributed by atoms with Crippen molar-refractivity contribution in [1.29, 1.82) is 0 Å². The lowest BCUT2D eigenvalue weighted by Crippen LogP contribution is -2.10. The predicted molar refractivity (Wildman–Crippen MR) is 43.1 cm³/mol. The van der Waals surface area contributed by atoms with Gasteiger partial charge in [0.15, 0.2) is 0 Å². The second-order valence-electron chi connectivity index (χ2n) is 2.31. The van der Waals surface area contributed by atoms with Gasteiger partial charge in [-0.05, 0) is 18.2 Å². The van der Waals surface area contributed by atoms with Crippen LogP contribution in [0.5, 0.6) is 0 Å². The first-order valence-corrected chi connectivity index (χ1v) is 3.34. The Morgan fingerprint density at radius 2 is 2.40 bits per heavy atom. The summed E-state index contributed by atoms with van der Waals surface area (Å²) in [6.07, 6.45) is 10.4. The predicted octanol–water partition coefficient (Wildman–Crippen LogP) is 0.672. The van der Waals surface area contributed by atoms with Gasteiger partial charge in [-0.1, -0.05) is 24.3 Å². The van der Waals surface area contributed by atoms with Crippen molar-refractivity contribution in [3.05, 3.63) is 36.1 Å². The zero-order valence-electron chi connectivity index (χ0n) is 5.83. The fourth-order valence-electron chi connectivity index (χ4n) is 0.933. The van der Waals surface area contributed by atoms with Crippen molar-refractivity contribution in [2.75, 3.05) is 0 Å². The topological polar surface area (TPSA) is 52.0 Å². The normalized spacial score (nSPS) is 24.1. The van der Waals surface area contributed by atoms with Crippen LogP contribution in [-0.4, -0.2) is 6.04 Å². The van der Waals surface area contributed by atoms with Crippen LogP contribution in [0.25, 0.3) is 0 Å². The Labute approximate surface area is 60.9 Å². The van der Waals surface area contributed by atoms with Crippen molar-refractivity contribution >= 4 is 0 Å². The standard InChI is InChI=1S/C8H12N2/c9-5-1-2-7-3-4-8(10)6-7/h1,3-6,8H,2,9-10H2/b5-1-. The summed E-state index contributed by atoms with van der Waals surface area (Å²) in [5.74, 6) is 0. The molecule has 54 valence electrons. The second kappa shape index (κ2) is 3.22. The third-order valence-electron chi connectivity index (χ3n) is 1.43. The van der Waals surface area contributed by atoms with Crippen molar-refractivity contribution < 1.29 is 0 Å². The molecule has 1 rings (SSSR count). The van der Waals surface area contributed by atoms with E-state index in [-0.39, 0.29) is 6.04 Å². The average molecular weight is 136 g/mol. The number of allylic oxidation sites excluding steroid dienone is 3. The molecule has 2 nitrogen and oxygen atoms in total. The van der Waals surface area contributed by atoms with Gasteiger partial charge in [0.1, 0.15) is 0 Å². The highest BCUT2D eigenvalue weighted by molar-refractivity contribution is 5.32. The Kier molecular flexibility index (Phi) is 2.29. The number of hydrogen-bond donors (Lipinski definition) is 2. The van der Waals surface area contributed by atoms with E-state index in [0.29, 0.717) is 0 Å². The first-order valence-electron chi connectivity index (χ1n) is 3.34. The van der Waals surface area contributed by atoms with Crippen LogP contribution in [0, 0.1) is 0 Å². The summed E-state index contributed by atoms with van der Waals surface area (Å²) < 4.78 is 0. The molecule has 0 spiro atoms. The minimum atomic E-state index is 0.112. The molecule has 0 amide bonds. The highest BCUT2D eigenvalue weighted by atomic mass is 14.6. The van der Waals surface area contributed by atoms with E-state index in [1.165, 1.54) is 5.57 Å². The third-order valence-corrected chi connectivity index (χ3v) is 1.43. The summed E-state index contributed by atoms with van der Waals surface area (Å²) in [5, 5.41) is 0. The second-order valence-corrected chi connectivity index (χ2v) is 2.31. The lowest BCUT2D eigenvalue weighted by Gasteiger charge is -1.91. The van der Waals surface area contributed by atoms with Gasteiger partial charge in [-0.25, -0.2) is 0 Å². The molecular formula is C8H12N2. The molecule has 0 radical (unpaired) electrons. The number of nitrogens with two attached hydrogens (primary N) is 2. The molecule has 0 aromatic carbocycles. The van der Waals surface area contributed by atoms with Crippen LogP contribution in [0.2, 0.25) is 0 Å². The SMILES string of the molecule is N/C=C\CC1=CC(N)C=C1. The summed E-state index contributed by atoms with van der Waals surface area (Å²) in [5.41, 5.74) is 12.0. The molecule has 1 unspecified atom stereocenters. The summed E-state index contributed by atoms with van der Waals surface area (Å²) in [6.45, 7) is 0. The Bertz CT molecular complexity index is 189. The maximum absolute atomic E-state index is 5.58. The molecule has 4 N–H and O–H groups in total. The van der Waals surface area contributed by atoms with Crippen molar-refractivity contribution in [3.63, 3.8) is 0 Å². The van der Waals surface area contributed by atoms with Crippen molar-refractivity contribution in [2.24, 2.45) is 11.5 Å². The highest BCUT2D eigenvalue weighted by Crippen LogP contribution is 2.11. The van der Waals surface area contributed by atoms with Crippen LogP contribution in [0.3, 0.4) is 0 Å². The van der Waals surface area contributed by atoms with E-state index in [0.717, 1.165) is 6.42 Å². The summed E-state index contributed by atoms with van der Waals surface area (Å²) in [7, 11) is 0. The summed E-state index contributed by atoms with van der Waals surface area (Å²) >= 11 is 0. The van der Waals surface area contributed by atoms with Gasteiger partial charge in [0.05, 0.1) is 0 Å². The Morgan fingerprint density at radius 3 is 2.90 bits per heavy atom. The Hall–Kier alpha value is -1.02. The molecule has 0 aliphatic heterocycles. The van der Waals surface area contributed by atoms with Crippen LogP contribution in [0.4, 0.5) is 0 Å². The van der Waals surface area contributed by atoms with E-state index in [4.69, 9.17) is 11.5 Å². The van der Waals surface area contributed by atoms with E-state index >= 15 is 0 Å². The number of rotatable bonds is 2. The zero-order chi connectivity index (χ0) is 7.40. The molecule has 1 aliphatic carbocycles. The van der Waals surface area contributed by atoms with Crippen LogP contribution >= 0.6 is 0 Å². The van der Waals surface area contributed by atoms with Crippen LogP contribution < -0.4 is 11.5 Å². The largest absolute Gasteiger partial charge is 0.405 e. The Morgan fingerprint density at radius 1 is 1.60 bits per heavy atom. The first kappa shape index (κ1) is 7.09. The molecule has 0 saturated carbocycles. The van der Waals surface area contributed by atoms with Gasteiger partial charge < -0.3 is 11.5 Å². The minimum absolute atomic E-state index is 0.112. The van der Waals surface area contributed by atoms with Gasteiger partial charge in [0.25, 0.3) is 0 Å². The van der Waals surface area contributed by atoms with Crippen molar-refractivity contribution in [2.45, 2.75) is 12.5 Å². The minimum Gasteiger partial charge on any atom is -0.405 e. The maximum Gasteiger partial charge on any atom is 0.0419 e. The molecule has 1 atom stereocenters. The molecule has 0 aromatic rings. The lowest BCUT2D eigenvalue weighted by atomic mass is 10.2. The van der Waals surface area contributed by atoms with Crippen molar-refractivity contribution in [1.82, 2.24) is 0 Å². The van der Waals surface area contributed by atoms with E-state index in [1.54, 1.807) is 6.20 Å². The van der Waals surface area contributed by atoms with Gasteiger partial charge in [-0.3, -0.25) is 0 Å². The van der Waals surface area contributed by atoms with Gasteiger partial charge in [-0.2, -0.15) is 0 Å². The van der Waals surface area contributed by atoms with Gasteiger partial charge in [-0.15, -0.1) is 0 Å². The first-order chi connectivity index (χ1) is 4.83. The molecule has 0 heterocycles. The smallest absolute Gasteiger partial charge is 0.0419 e. The fourth-order valence-corrected chi connectivity index (χ4v) is 0.933. The van der Waals surface area contributed by atoms with Crippen LogP contribution in [-0.2, 0) is 0 Å². The Balaban J connectivity index is 2.44. The summed E-state index contributed by atoms with van der Waals surface area (Å²) in [6, 6.07) is 0.112. The van der Waals surface area contributed by atoms with E-state index in [1.807, 2.05) is 24.3 Å². The molecule has 10 heavy (non-hydrogen) atoms. The van der Waals surface area contributed by atoms with E-state index in [2.05, 4.69) is 0 Å². The third kappa shape index (κ3) is 1.74. The van der Waals surface area contributed by atoms with Gasteiger partial charge >= 0.3 is 0 Å². The maximum atomic E-state index is 5.58. The summed E-state index contributed by atoms with van der Waals surface area (Å²) in [4.78, 5) is 0. The lowest BCUT2D eigenvalue weighted by molar-refractivity contribution is 1.04. The highest BCUT2D eigenvalue weighted by Gasteiger charge is 2.01. The van der Waals surface area contributed by atoms with Gasteiger partial charge in [0, 0.05) is 6.04 Å². The molecule has 0 bridgehead atoms. The van der Waals surface area contributed by atoms with Gasteiger partial charge in [0.2, 0.25) is 0 Å². The molecule has 0 fully saturated rings. The monoisotopic (exact) mass is 136 g/mol. The van der Waals surface area contributed by atoms with E-state index in [9.17, 15) is 0 Å². The molecule has 0 aromatic heterocycles. The van der Waals surface area contributed by atoms with Crippen molar-refractivity contribution in [3.8, 4) is 0 Å². The molecule has 2 heteroatoms. The number of hydrogen-bond acceptors (Lipinski definition) is 2. The quantitative estimate of drug-likeness (QED) is 0.586. The average Bonchev–Trinajstić information content (AvgIpc) is 2.31. The zero-order valence-corrected chi connectivity index (χ0v) is 5.83. The molecular weight excluding hydrogens is 124 g/mol. The molecule has 1 aliphatic rings. The molecule has 0 saturated heterocycles. The van der Waals surface area contributed by atoms with Crippen LogP contribution in [0.1, 0.15) is 6.42 Å².